The molecule has 6 nitrogen and oxygen atoms in total. The quantitative estimate of drug-likeness (QED) is 0.662. The highest BCUT2D eigenvalue weighted by Crippen LogP contribution is 2.18. The second-order valence-electron chi connectivity index (χ2n) is 5.92. The van der Waals surface area contributed by atoms with Crippen LogP contribution in [0.5, 0.6) is 5.75 Å². The zero-order valence-electron chi connectivity index (χ0n) is 15.1. The number of carbonyl (C=O) groups excluding carboxylic acids is 2. The molecule has 2 amide bonds. The molecule has 1 heterocycles. The van der Waals surface area contributed by atoms with Crippen molar-refractivity contribution in [3.8, 4) is 5.75 Å². The highest BCUT2D eigenvalue weighted by Gasteiger charge is 2.12. The van der Waals surface area contributed by atoms with E-state index >= 15 is 0 Å². The molecule has 2 N–H and O–H groups in total. The Morgan fingerprint density at radius 2 is 1.75 bits per heavy atom. The predicted octanol–water partition coefficient (Wildman–Crippen LogP) is 3.93. The summed E-state index contributed by atoms with van der Waals surface area (Å²) >= 11 is 5.92. The fourth-order valence-electron chi connectivity index (χ4n) is 2.58. The largest absolute Gasteiger partial charge is 0.496 e. The second-order valence-corrected chi connectivity index (χ2v) is 6.36. The number of amides is 2. The molecule has 0 saturated carbocycles. The molecule has 0 aliphatic carbocycles. The van der Waals surface area contributed by atoms with Gasteiger partial charge in [0.2, 0.25) is 0 Å². The fourth-order valence-corrected chi connectivity index (χ4v) is 2.77. The normalized spacial score (nSPS) is 10.2. The number of nitrogens with zero attached hydrogens (tertiary/aromatic N) is 1. The van der Waals surface area contributed by atoms with Crippen LogP contribution in [0, 0.1) is 0 Å². The number of ether oxygens (including phenoxy) is 1. The van der Waals surface area contributed by atoms with Crippen molar-refractivity contribution in [2.75, 3.05) is 12.4 Å². The van der Waals surface area contributed by atoms with E-state index in [1.54, 1.807) is 31.4 Å². The highest BCUT2D eigenvalue weighted by molar-refractivity contribution is 6.31. The molecule has 7 heteroatoms. The summed E-state index contributed by atoms with van der Waals surface area (Å²) in [5.41, 5.74) is 1.96. The number of pyridine rings is 1. The van der Waals surface area contributed by atoms with Gasteiger partial charge in [0.25, 0.3) is 11.8 Å². The van der Waals surface area contributed by atoms with Crippen molar-refractivity contribution in [1.82, 2.24) is 10.3 Å². The van der Waals surface area contributed by atoms with E-state index in [0.717, 1.165) is 5.56 Å². The Hall–Kier alpha value is -3.38. The summed E-state index contributed by atoms with van der Waals surface area (Å²) in [6, 6.07) is 15.7. The van der Waals surface area contributed by atoms with Gasteiger partial charge in [0.15, 0.2) is 0 Å². The van der Waals surface area contributed by atoms with Gasteiger partial charge < -0.3 is 15.4 Å². The van der Waals surface area contributed by atoms with E-state index in [9.17, 15) is 9.59 Å². The number of rotatable bonds is 6. The molecule has 0 radical (unpaired) electrons. The standard InChI is InChI=1S/C21H18ClN3O3/c1-28-19-8-3-2-5-14(19)13-24-20(26)15-9-16(12-23-11-15)21(27)25-18-7-4-6-17(22)10-18/h2-12H,13H2,1H3,(H,24,26)(H,25,27). The SMILES string of the molecule is COc1ccccc1CNC(=O)c1cncc(C(=O)Nc2cccc(Cl)c2)c1. The lowest BCUT2D eigenvalue weighted by Crippen LogP contribution is -2.24. The molecule has 0 saturated heterocycles. The summed E-state index contributed by atoms with van der Waals surface area (Å²) in [7, 11) is 1.58. The van der Waals surface area contributed by atoms with Gasteiger partial charge in [-0.05, 0) is 30.3 Å². The summed E-state index contributed by atoms with van der Waals surface area (Å²) in [6.45, 7) is 0.293. The van der Waals surface area contributed by atoms with E-state index < -0.39 is 0 Å². The van der Waals surface area contributed by atoms with Crippen LogP contribution in [0.3, 0.4) is 0 Å². The molecule has 1 aromatic heterocycles. The molecule has 3 aromatic rings. The molecular formula is C21H18ClN3O3. The average Bonchev–Trinajstić information content (AvgIpc) is 2.72. The van der Waals surface area contributed by atoms with Gasteiger partial charge in [-0.15, -0.1) is 0 Å². The minimum Gasteiger partial charge on any atom is -0.496 e. The summed E-state index contributed by atoms with van der Waals surface area (Å²) in [5.74, 6) is -0.0273. The van der Waals surface area contributed by atoms with Crippen molar-refractivity contribution in [2.45, 2.75) is 6.54 Å². The lowest BCUT2D eigenvalue weighted by Gasteiger charge is -2.10. The van der Waals surface area contributed by atoms with Crippen LogP contribution in [0.4, 0.5) is 5.69 Å². The number of benzene rings is 2. The summed E-state index contributed by atoms with van der Waals surface area (Å²) in [4.78, 5) is 28.9. The number of halogens is 1. The number of hydrogen-bond donors (Lipinski definition) is 2. The zero-order valence-corrected chi connectivity index (χ0v) is 15.9. The Balaban J connectivity index is 1.68. The van der Waals surface area contributed by atoms with Crippen LogP contribution in [0.15, 0.2) is 67.0 Å². The minimum atomic E-state index is -0.380. The van der Waals surface area contributed by atoms with Crippen molar-refractivity contribution in [3.63, 3.8) is 0 Å². The third kappa shape index (κ3) is 4.86. The van der Waals surface area contributed by atoms with Gasteiger partial charge in [-0.3, -0.25) is 14.6 Å². The smallest absolute Gasteiger partial charge is 0.257 e. The van der Waals surface area contributed by atoms with Gasteiger partial charge in [0.05, 0.1) is 18.2 Å². The first kappa shape index (κ1) is 19.4. The predicted molar refractivity (Wildman–Crippen MR) is 108 cm³/mol. The van der Waals surface area contributed by atoms with Crippen molar-refractivity contribution in [2.24, 2.45) is 0 Å². The van der Waals surface area contributed by atoms with Crippen molar-refractivity contribution < 1.29 is 14.3 Å². The summed E-state index contributed by atoms with van der Waals surface area (Å²) in [6.07, 6.45) is 2.81. The molecule has 0 aliphatic rings. The van der Waals surface area contributed by atoms with Crippen molar-refractivity contribution >= 4 is 29.1 Å². The summed E-state index contributed by atoms with van der Waals surface area (Å²) < 4.78 is 5.27. The highest BCUT2D eigenvalue weighted by atomic mass is 35.5. The first-order valence-electron chi connectivity index (χ1n) is 8.49. The van der Waals surface area contributed by atoms with Crippen molar-refractivity contribution in [3.05, 3.63) is 88.7 Å². The Labute approximate surface area is 167 Å². The molecule has 0 aliphatic heterocycles. The van der Waals surface area contributed by atoms with Gasteiger partial charge in [-0.25, -0.2) is 0 Å². The van der Waals surface area contributed by atoms with Gasteiger partial charge in [-0.2, -0.15) is 0 Å². The van der Waals surface area contributed by atoms with Gasteiger partial charge in [-0.1, -0.05) is 35.9 Å². The molecule has 0 atom stereocenters. The first-order chi connectivity index (χ1) is 13.6. The number of carbonyl (C=O) groups is 2. The maximum absolute atomic E-state index is 12.5. The lowest BCUT2D eigenvalue weighted by atomic mass is 10.1. The molecule has 0 bridgehead atoms. The van der Waals surface area contributed by atoms with Crippen LogP contribution < -0.4 is 15.4 Å². The van der Waals surface area contributed by atoms with Crippen LogP contribution in [0.1, 0.15) is 26.3 Å². The average molecular weight is 396 g/mol. The van der Waals surface area contributed by atoms with Crippen LogP contribution in [-0.4, -0.2) is 23.9 Å². The maximum Gasteiger partial charge on any atom is 0.257 e. The molecule has 0 unspecified atom stereocenters. The topological polar surface area (TPSA) is 80.3 Å². The number of para-hydroxylation sites is 1. The number of anilines is 1. The van der Waals surface area contributed by atoms with Gasteiger partial charge in [0, 0.05) is 35.2 Å². The van der Waals surface area contributed by atoms with E-state index in [4.69, 9.17) is 16.3 Å². The maximum atomic E-state index is 12.5. The summed E-state index contributed by atoms with van der Waals surface area (Å²) in [5, 5.41) is 6.05. The zero-order chi connectivity index (χ0) is 19.9. The molecule has 2 aromatic carbocycles. The number of aromatic nitrogens is 1. The molecule has 28 heavy (non-hydrogen) atoms. The number of methoxy groups -OCH3 is 1. The molecule has 0 fully saturated rings. The fraction of sp³-hybridized carbons (Fsp3) is 0.0952. The molecule has 0 spiro atoms. The van der Waals surface area contributed by atoms with E-state index in [2.05, 4.69) is 15.6 Å². The Bertz CT molecular complexity index is 1010. The van der Waals surface area contributed by atoms with Crippen LogP contribution in [0.25, 0.3) is 0 Å². The van der Waals surface area contributed by atoms with E-state index in [1.165, 1.54) is 18.5 Å². The second kappa shape index (κ2) is 9.01. The van der Waals surface area contributed by atoms with Crippen LogP contribution in [-0.2, 0) is 6.54 Å². The molecule has 3 rings (SSSR count). The monoisotopic (exact) mass is 395 g/mol. The third-order valence-corrected chi connectivity index (χ3v) is 4.21. The van der Waals surface area contributed by atoms with Crippen LogP contribution >= 0.6 is 11.6 Å². The van der Waals surface area contributed by atoms with Crippen LogP contribution in [0.2, 0.25) is 5.02 Å². The minimum absolute atomic E-state index is 0.268. The van der Waals surface area contributed by atoms with E-state index in [-0.39, 0.29) is 22.9 Å². The van der Waals surface area contributed by atoms with Gasteiger partial charge >= 0.3 is 0 Å². The van der Waals surface area contributed by atoms with Crippen molar-refractivity contribution in [1.29, 1.82) is 0 Å². The number of nitrogens with one attached hydrogen (secondary N) is 2. The molecule has 142 valence electrons. The molecular weight excluding hydrogens is 378 g/mol. The third-order valence-electron chi connectivity index (χ3n) is 3.98. The lowest BCUT2D eigenvalue weighted by molar-refractivity contribution is 0.0950. The first-order valence-corrected chi connectivity index (χ1v) is 8.86. The van der Waals surface area contributed by atoms with Gasteiger partial charge in [0.1, 0.15) is 5.75 Å². The van der Waals surface area contributed by atoms with E-state index in [1.807, 2.05) is 24.3 Å². The van der Waals surface area contributed by atoms with E-state index in [0.29, 0.717) is 23.0 Å². The Morgan fingerprint density at radius 1 is 1.00 bits per heavy atom. The number of hydrogen-bond acceptors (Lipinski definition) is 4. The Kier molecular flexibility index (Phi) is 6.24. The Morgan fingerprint density at radius 3 is 2.50 bits per heavy atom.